The van der Waals surface area contributed by atoms with Crippen molar-refractivity contribution in [1.29, 1.82) is 0 Å². The second-order valence-corrected chi connectivity index (χ2v) is 10.2. The predicted molar refractivity (Wildman–Crippen MR) is 143 cm³/mol. The van der Waals surface area contributed by atoms with Crippen LogP contribution in [0.5, 0.6) is 0 Å². The molecule has 1 fully saturated rings. The number of ether oxygens (including phenoxy) is 4. The van der Waals surface area contributed by atoms with Crippen molar-refractivity contribution in [1.82, 2.24) is 34.0 Å². The number of rotatable bonds is 8. The van der Waals surface area contributed by atoms with Gasteiger partial charge in [-0.05, 0) is 43.7 Å². The third-order valence-corrected chi connectivity index (χ3v) is 7.30. The van der Waals surface area contributed by atoms with E-state index in [0.29, 0.717) is 24.1 Å². The molecule has 2 aliphatic heterocycles. The Morgan fingerprint density at radius 1 is 1.15 bits per heavy atom. The molecule has 4 atom stereocenters. The van der Waals surface area contributed by atoms with Crippen LogP contribution in [-0.4, -0.2) is 83.7 Å². The molecule has 2 N–H and O–H groups in total. The molecule has 0 aliphatic carbocycles. The van der Waals surface area contributed by atoms with E-state index >= 15 is 0 Å². The molecule has 0 bridgehead atoms. The number of methoxy groups -OCH3 is 1. The summed E-state index contributed by atoms with van der Waals surface area (Å²) >= 11 is 0.876. The number of hydrogen-bond acceptors (Lipinski definition) is 12. The van der Waals surface area contributed by atoms with Gasteiger partial charge in [0.05, 0.1) is 25.9 Å². The van der Waals surface area contributed by atoms with Crippen molar-refractivity contribution < 1.29 is 28.5 Å². The molecule has 0 aromatic carbocycles. The van der Waals surface area contributed by atoms with Gasteiger partial charge in [-0.2, -0.15) is 0 Å². The molecule has 0 radical (unpaired) electrons. The van der Waals surface area contributed by atoms with Crippen LogP contribution in [0.3, 0.4) is 0 Å². The predicted octanol–water partition coefficient (Wildman–Crippen LogP) is 1.01. The fraction of sp³-hybridized carbons (Fsp3) is 0.458. The molecule has 2 aliphatic rings. The number of aromatic nitrogens is 6. The lowest BCUT2D eigenvalue weighted by molar-refractivity contribution is -0.0572. The highest BCUT2D eigenvalue weighted by molar-refractivity contribution is 8.13. The third-order valence-electron chi connectivity index (χ3n) is 6.56. The number of amides is 1. The van der Waals surface area contributed by atoms with Crippen molar-refractivity contribution in [3.63, 3.8) is 0 Å². The van der Waals surface area contributed by atoms with Crippen molar-refractivity contribution >= 4 is 34.3 Å². The van der Waals surface area contributed by atoms with Crippen LogP contribution < -0.4 is 16.8 Å². The molecular formula is C24H27N7O9S. The number of carbonyl (C=O) groups excluding carboxylic acids is 2. The summed E-state index contributed by atoms with van der Waals surface area (Å²) in [5.41, 5.74) is -0.525. The topological polar surface area (TPSA) is 193 Å². The van der Waals surface area contributed by atoms with Crippen LogP contribution in [-0.2, 0) is 18.9 Å². The molecule has 3 aromatic rings. The van der Waals surface area contributed by atoms with E-state index in [9.17, 15) is 24.0 Å². The summed E-state index contributed by atoms with van der Waals surface area (Å²) < 4.78 is 24.9. The lowest BCUT2D eigenvalue weighted by Crippen LogP contribution is -2.42. The maximum atomic E-state index is 12.4. The molecule has 16 nitrogen and oxygen atoms in total. The first-order chi connectivity index (χ1) is 19.7. The highest BCUT2D eigenvalue weighted by Gasteiger charge is 2.32. The minimum absolute atomic E-state index is 0.0349. The highest BCUT2D eigenvalue weighted by atomic mass is 32.2. The molecule has 17 heteroatoms. The van der Waals surface area contributed by atoms with Gasteiger partial charge in [-0.25, -0.2) is 24.4 Å². The van der Waals surface area contributed by atoms with Crippen molar-refractivity contribution in [3.05, 3.63) is 67.8 Å². The number of nitrogens with zero attached hydrogens (tertiary/aromatic N) is 5. The first-order valence-electron chi connectivity index (χ1n) is 12.6. The normalized spacial score (nSPS) is 21.8. The smallest absolute Gasteiger partial charge is 0.411 e. The summed E-state index contributed by atoms with van der Waals surface area (Å²) in [6.07, 6.45) is 5.47. The molecular weight excluding hydrogens is 562 g/mol. The second kappa shape index (κ2) is 12.1. The quantitative estimate of drug-likeness (QED) is 0.280. The standard InChI is InChI=1S/C24H27N7O9S/c1-13-9-30(22(34)28-20(13)32)16-6-5-15(40-16)29(23(35)37-2)7-8-41-24(36)38-10-14-3-4-17(39-14)31-12-27-18-19(31)25-11-26-21(18)33/h5-6,9,11-12,14-17H,3-4,7-8,10H2,1-2H3,(H,25,26,33)(H,28,32,34). The minimum atomic E-state index is -0.864. The lowest BCUT2D eigenvalue weighted by Gasteiger charge is -2.27. The number of H-pyrrole nitrogens is 2. The van der Waals surface area contributed by atoms with Gasteiger partial charge >= 0.3 is 17.1 Å². The number of imidazole rings is 1. The number of thioether (sulfide) groups is 1. The fourth-order valence-corrected chi connectivity index (χ4v) is 5.10. The number of hydrogen-bond donors (Lipinski definition) is 2. The fourth-order valence-electron chi connectivity index (χ4n) is 4.49. The number of aromatic amines is 2. The van der Waals surface area contributed by atoms with Gasteiger partial charge in [-0.1, -0.05) is 0 Å². The average molecular weight is 590 g/mol. The van der Waals surface area contributed by atoms with Gasteiger partial charge in [0, 0.05) is 24.1 Å². The number of fused-ring (bicyclic) bond motifs is 1. The molecule has 5 heterocycles. The maximum absolute atomic E-state index is 12.4. The van der Waals surface area contributed by atoms with E-state index in [1.54, 1.807) is 23.6 Å². The van der Waals surface area contributed by atoms with Crippen molar-refractivity contribution in [2.24, 2.45) is 0 Å². The lowest BCUT2D eigenvalue weighted by atomic mass is 10.2. The van der Waals surface area contributed by atoms with Gasteiger partial charge < -0.3 is 23.9 Å². The molecule has 1 saturated heterocycles. The molecule has 4 unspecified atom stereocenters. The molecule has 5 rings (SSSR count). The Labute approximate surface area is 235 Å². The minimum Gasteiger partial charge on any atom is -0.455 e. The monoisotopic (exact) mass is 589 g/mol. The summed E-state index contributed by atoms with van der Waals surface area (Å²) in [6.45, 7) is 1.67. The summed E-state index contributed by atoms with van der Waals surface area (Å²) in [6, 6.07) is 0. The molecule has 3 aromatic heterocycles. The van der Waals surface area contributed by atoms with Gasteiger partial charge in [0.2, 0.25) is 0 Å². The number of nitrogens with one attached hydrogen (secondary N) is 2. The zero-order valence-electron chi connectivity index (χ0n) is 22.1. The summed E-state index contributed by atoms with van der Waals surface area (Å²) in [5, 5.41) is -0.542. The Balaban J connectivity index is 1.09. The van der Waals surface area contributed by atoms with Gasteiger partial charge in [0.15, 0.2) is 23.6 Å². The Morgan fingerprint density at radius 3 is 2.78 bits per heavy atom. The van der Waals surface area contributed by atoms with Gasteiger partial charge in [-0.3, -0.25) is 28.6 Å². The number of aryl methyl sites for hydroxylation is 1. The zero-order valence-corrected chi connectivity index (χ0v) is 22.9. The first-order valence-corrected chi connectivity index (χ1v) is 13.6. The Kier molecular flexibility index (Phi) is 8.36. The maximum Gasteiger partial charge on any atom is 0.411 e. The van der Waals surface area contributed by atoms with Gasteiger partial charge in [0.25, 0.3) is 11.1 Å². The van der Waals surface area contributed by atoms with E-state index in [2.05, 4.69) is 19.9 Å². The van der Waals surface area contributed by atoms with Crippen molar-refractivity contribution in [3.8, 4) is 0 Å². The Morgan fingerprint density at radius 2 is 1.98 bits per heavy atom. The van der Waals surface area contributed by atoms with Crippen LogP contribution in [0.4, 0.5) is 9.59 Å². The van der Waals surface area contributed by atoms with Crippen molar-refractivity contribution in [2.75, 3.05) is 26.0 Å². The van der Waals surface area contributed by atoms with Crippen LogP contribution >= 0.6 is 11.8 Å². The van der Waals surface area contributed by atoms with Crippen LogP contribution in [0.25, 0.3) is 11.2 Å². The Bertz CT molecular complexity index is 1640. The molecule has 1 amide bonds. The van der Waals surface area contributed by atoms with Crippen molar-refractivity contribution in [2.45, 2.75) is 44.6 Å². The zero-order chi connectivity index (χ0) is 29.1. The van der Waals surface area contributed by atoms with Gasteiger partial charge in [0.1, 0.15) is 12.8 Å². The average Bonchev–Trinajstić information content (AvgIpc) is 3.72. The molecule has 218 valence electrons. The molecule has 41 heavy (non-hydrogen) atoms. The van der Waals surface area contributed by atoms with E-state index in [-0.39, 0.29) is 36.1 Å². The van der Waals surface area contributed by atoms with Crippen LogP contribution in [0.1, 0.15) is 30.9 Å². The summed E-state index contributed by atoms with van der Waals surface area (Å²) in [5.74, 6) is 0.180. The van der Waals surface area contributed by atoms with Crippen LogP contribution in [0.2, 0.25) is 0 Å². The van der Waals surface area contributed by atoms with Crippen LogP contribution in [0, 0.1) is 6.92 Å². The number of carbonyl (C=O) groups is 2. The molecule has 0 spiro atoms. The SMILES string of the molecule is COC(=O)N(CCSC(=O)OCC1CCC(n2cnc3c(=O)[nH]cnc32)O1)C1C=CC(n2cc(C)c(=O)[nH]c2=O)O1. The highest BCUT2D eigenvalue weighted by Crippen LogP contribution is 2.30. The summed E-state index contributed by atoms with van der Waals surface area (Å²) in [4.78, 5) is 74.7. The van der Waals surface area contributed by atoms with E-state index in [1.165, 1.54) is 35.4 Å². The third kappa shape index (κ3) is 6.10. The van der Waals surface area contributed by atoms with Crippen LogP contribution in [0.15, 0.2) is 45.4 Å². The van der Waals surface area contributed by atoms with Gasteiger partial charge in [-0.15, -0.1) is 0 Å². The van der Waals surface area contributed by atoms with E-state index in [1.807, 2.05) is 0 Å². The second-order valence-electron chi connectivity index (χ2n) is 9.20. The van der Waals surface area contributed by atoms with E-state index in [4.69, 9.17) is 18.9 Å². The molecule has 0 saturated carbocycles. The first kappa shape index (κ1) is 28.3. The largest absolute Gasteiger partial charge is 0.455 e. The van der Waals surface area contributed by atoms with E-state index in [0.717, 1.165) is 11.8 Å². The summed E-state index contributed by atoms with van der Waals surface area (Å²) in [7, 11) is 1.22. The Hall–Kier alpha value is -4.22. The van der Waals surface area contributed by atoms with E-state index < -0.39 is 41.3 Å².